The third kappa shape index (κ3) is 2.42. The highest BCUT2D eigenvalue weighted by Gasteiger charge is 2.20. The molecule has 100 valence electrons. The van der Waals surface area contributed by atoms with Crippen LogP contribution in [0.25, 0.3) is 11.4 Å². The van der Waals surface area contributed by atoms with E-state index in [1.165, 1.54) is 25.7 Å². The van der Waals surface area contributed by atoms with E-state index in [0.29, 0.717) is 22.5 Å². The molecule has 1 aromatic carbocycles. The topological polar surface area (TPSA) is 69.6 Å². The van der Waals surface area contributed by atoms with Gasteiger partial charge in [0, 0.05) is 12.2 Å². The van der Waals surface area contributed by atoms with Gasteiger partial charge in [-0.15, -0.1) is 5.10 Å². The average molecular weight is 278 g/mol. The van der Waals surface area contributed by atoms with E-state index in [4.69, 9.17) is 17.3 Å². The largest absolute Gasteiger partial charge is 0.398 e. The number of halogens is 1. The lowest BCUT2D eigenvalue weighted by molar-refractivity contribution is 0.424. The van der Waals surface area contributed by atoms with Gasteiger partial charge in [-0.3, -0.25) is 0 Å². The molecular formula is C13H16ClN5. The fourth-order valence-corrected chi connectivity index (χ4v) is 2.99. The maximum Gasteiger partial charge on any atom is 0.185 e. The summed E-state index contributed by atoms with van der Waals surface area (Å²) in [5.74, 6) is 1.32. The molecule has 3 rings (SSSR count). The first-order valence-corrected chi connectivity index (χ1v) is 6.94. The smallest absolute Gasteiger partial charge is 0.185 e. The lowest BCUT2D eigenvalue weighted by Gasteiger charge is -2.12. The van der Waals surface area contributed by atoms with Crippen LogP contribution < -0.4 is 5.73 Å². The Morgan fingerprint density at radius 2 is 2.11 bits per heavy atom. The van der Waals surface area contributed by atoms with Gasteiger partial charge >= 0.3 is 0 Å². The molecule has 1 saturated carbocycles. The van der Waals surface area contributed by atoms with E-state index in [-0.39, 0.29) is 0 Å². The van der Waals surface area contributed by atoms with Crippen molar-refractivity contribution in [3.63, 3.8) is 0 Å². The minimum absolute atomic E-state index is 0.586. The van der Waals surface area contributed by atoms with Crippen LogP contribution in [0.15, 0.2) is 18.2 Å². The molecule has 1 fully saturated rings. The van der Waals surface area contributed by atoms with Gasteiger partial charge in [-0.05, 0) is 41.3 Å². The Morgan fingerprint density at radius 3 is 2.84 bits per heavy atom. The summed E-state index contributed by atoms with van der Waals surface area (Å²) in [5, 5.41) is 12.5. The molecule has 0 saturated heterocycles. The molecule has 2 aromatic rings. The number of rotatable bonds is 3. The Labute approximate surface area is 116 Å². The van der Waals surface area contributed by atoms with Gasteiger partial charge in [0.2, 0.25) is 0 Å². The Balaban J connectivity index is 1.95. The van der Waals surface area contributed by atoms with Crippen LogP contribution in [0.2, 0.25) is 5.02 Å². The third-order valence-corrected chi connectivity index (χ3v) is 4.02. The van der Waals surface area contributed by atoms with Crippen molar-refractivity contribution in [1.29, 1.82) is 0 Å². The molecule has 5 nitrogen and oxygen atoms in total. The quantitative estimate of drug-likeness (QED) is 0.876. The highest BCUT2D eigenvalue weighted by Crippen LogP contribution is 2.33. The SMILES string of the molecule is Nc1cccc(Cl)c1-c1nnnn1CC1CCCC1. The van der Waals surface area contributed by atoms with Crippen molar-refractivity contribution in [2.24, 2.45) is 5.92 Å². The van der Waals surface area contributed by atoms with Crippen LogP contribution in [-0.4, -0.2) is 20.2 Å². The van der Waals surface area contributed by atoms with Gasteiger partial charge in [0.1, 0.15) is 0 Å². The number of hydrogen-bond donors (Lipinski definition) is 1. The molecule has 1 aromatic heterocycles. The number of hydrogen-bond acceptors (Lipinski definition) is 4. The fourth-order valence-electron chi connectivity index (χ4n) is 2.72. The third-order valence-electron chi connectivity index (χ3n) is 3.71. The van der Waals surface area contributed by atoms with Gasteiger partial charge in [-0.25, -0.2) is 4.68 Å². The van der Waals surface area contributed by atoms with Crippen molar-refractivity contribution in [3.8, 4) is 11.4 Å². The molecule has 0 aliphatic heterocycles. The first-order chi connectivity index (χ1) is 9.25. The summed E-state index contributed by atoms with van der Waals surface area (Å²) in [6, 6.07) is 5.45. The zero-order valence-electron chi connectivity index (χ0n) is 10.6. The second kappa shape index (κ2) is 5.17. The second-order valence-electron chi connectivity index (χ2n) is 5.04. The Hall–Kier alpha value is -1.62. The van der Waals surface area contributed by atoms with Crippen molar-refractivity contribution in [2.75, 3.05) is 5.73 Å². The van der Waals surface area contributed by atoms with E-state index in [9.17, 15) is 0 Å². The van der Waals surface area contributed by atoms with E-state index < -0.39 is 0 Å². The predicted octanol–water partition coefficient (Wildman–Crippen LogP) is 2.77. The average Bonchev–Trinajstić information content (AvgIpc) is 3.02. The van der Waals surface area contributed by atoms with Crippen LogP contribution in [0.3, 0.4) is 0 Å². The van der Waals surface area contributed by atoms with E-state index in [1.54, 1.807) is 0 Å². The van der Waals surface area contributed by atoms with E-state index in [0.717, 1.165) is 12.1 Å². The summed E-state index contributed by atoms with van der Waals surface area (Å²) in [7, 11) is 0. The first kappa shape index (κ1) is 12.4. The summed E-state index contributed by atoms with van der Waals surface area (Å²) >= 11 is 6.22. The van der Waals surface area contributed by atoms with Crippen molar-refractivity contribution in [3.05, 3.63) is 23.2 Å². The fraction of sp³-hybridized carbons (Fsp3) is 0.462. The molecule has 1 heterocycles. The van der Waals surface area contributed by atoms with Crippen LogP contribution in [-0.2, 0) is 6.54 Å². The number of benzene rings is 1. The van der Waals surface area contributed by atoms with Gasteiger partial charge < -0.3 is 5.73 Å². The van der Waals surface area contributed by atoms with E-state index in [1.807, 2.05) is 22.9 Å². The minimum Gasteiger partial charge on any atom is -0.398 e. The molecule has 0 spiro atoms. The lowest BCUT2D eigenvalue weighted by atomic mass is 10.1. The normalized spacial score (nSPS) is 16.1. The molecule has 2 N–H and O–H groups in total. The molecule has 1 aliphatic rings. The van der Waals surface area contributed by atoms with Crippen molar-refractivity contribution < 1.29 is 0 Å². The molecule has 6 heteroatoms. The minimum atomic E-state index is 0.586. The summed E-state index contributed by atoms with van der Waals surface area (Å²) in [4.78, 5) is 0. The van der Waals surface area contributed by atoms with Gasteiger partial charge in [0.25, 0.3) is 0 Å². The predicted molar refractivity (Wildman–Crippen MR) is 74.6 cm³/mol. The molecule has 0 unspecified atom stereocenters. The van der Waals surface area contributed by atoms with Crippen LogP contribution in [0.4, 0.5) is 5.69 Å². The number of nitrogens with zero attached hydrogens (tertiary/aromatic N) is 4. The van der Waals surface area contributed by atoms with Gasteiger partial charge in [0.15, 0.2) is 5.82 Å². The van der Waals surface area contributed by atoms with Crippen LogP contribution >= 0.6 is 11.6 Å². The molecule has 0 bridgehead atoms. The summed E-state index contributed by atoms with van der Waals surface area (Å²) < 4.78 is 1.83. The first-order valence-electron chi connectivity index (χ1n) is 6.56. The number of nitrogen functional groups attached to an aromatic ring is 1. The van der Waals surface area contributed by atoms with Crippen LogP contribution in [0, 0.1) is 5.92 Å². The van der Waals surface area contributed by atoms with Crippen molar-refractivity contribution >= 4 is 17.3 Å². The van der Waals surface area contributed by atoms with E-state index in [2.05, 4.69) is 15.5 Å². The zero-order valence-corrected chi connectivity index (χ0v) is 11.3. The number of tetrazole rings is 1. The molecule has 0 radical (unpaired) electrons. The summed E-state index contributed by atoms with van der Waals surface area (Å²) in [6.07, 6.45) is 5.10. The second-order valence-corrected chi connectivity index (χ2v) is 5.45. The molecule has 19 heavy (non-hydrogen) atoms. The van der Waals surface area contributed by atoms with Crippen molar-refractivity contribution in [1.82, 2.24) is 20.2 Å². The van der Waals surface area contributed by atoms with Crippen LogP contribution in [0.1, 0.15) is 25.7 Å². The lowest BCUT2D eigenvalue weighted by Crippen LogP contribution is -2.11. The van der Waals surface area contributed by atoms with Gasteiger partial charge in [-0.1, -0.05) is 30.5 Å². The van der Waals surface area contributed by atoms with Gasteiger partial charge in [-0.2, -0.15) is 0 Å². The molecule has 1 aliphatic carbocycles. The Morgan fingerprint density at radius 1 is 1.32 bits per heavy atom. The van der Waals surface area contributed by atoms with Crippen LogP contribution in [0.5, 0.6) is 0 Å². The number of anilines is 1. The highest BCUT2D eigenvalue weighted by atomic mass is 35.5. The summed E-state index contributed by atoms with van der Waals surface area (Å²) in [5.41, 5.74) is 7.33. The molecule has 0 amide bonds. The zero-order chi connectivity index (χ0) is 13.2. The maximum absolute atomic E-state index is 6.22. The van der Waals surface area contributed by atoms with Gasteiger partial charge in [0.05, 0.1) is 10.6 Å². The number of nitrogens with two attached hydrogens (primary N) is 1. The Bertz CT molecular complexity index is 554. The molecular weight excluding hydrogens is 262 g/mol. The summed E-state index contributed by atoms with van der Waals surface area (Å²) in [6.45, 7) is 0.840. The Kier molecular flexibility index (Phi) is 3.38. The monoisotopic (exact) mass is 277 g/mol. The highest BCUT2D eigenvalue weighted by molar-refractivity contribution is 6.33. The maximum atomic E-state index is 6.22. The number of aromatic nitrogens is 4. The molecule has 0 atom stereocenters. The standard InChI is InChI=1S/C13H16ClN5/c14-10-6-3-7-11(15)12(10)13-16-17-18-19(13)8-9-4-1-2-5-9/h3,6-7,9H,1-2,4-5,8,15H2. The van der Waals surface area contributed by atoms with E-state index >= 15 is 0 Å². The van der Waals surface area contributed by atoms with Crippen molar-refractivity contribution in [2.45, 2.75) is 32.2 Å².